The summed E-state index contributed by atoms with van der Waals surface area (Å²) in [6, 6.07) is -6.86. The Morgan fingerprint density at radius 3 is 1.40 bits per heavy atom. The minimum absolute atomic E-state index is 0.0703. The van der Waals surface area contributed by atoms with Crippen molar-refractivity contribution in [1.29, 1.82) is 0 Å². The van der Waals surface area contributed by atoms with Gasteiger partial charge in [-0.2, -0.15) is 0 Å². The average molecular weight is 1340 g/mol. The summed E-state index contributed by atoms with van der Waals surface area (Å²) in [5, 5.41) is 34.8. The molecule has 10 amide bonds. The van der Waals surface area contributed by atoms with E-state index in [0.717, 1.165) is 20.4 Å². The molecule has 2 heterocycles. The van der Waals surface area contributed by atoms with Crippen molar-refractivity contribution in [2.45, 2.75) is 235 Å². The second kappa shape index (κ2) is 38.8. The van der Waals surface area contributed by atoms with E-state index in [9.17, 15) is 48.6 Å². The van der Waals surface area contributed by atoms with Crippen LogP contribution in [0.15, 0.2) is 24.4 Å². The van der Waals surface area contributed by atoms with E-state index in [-0.39, 0.29) is 68.1 Å². The summed E-state index contributed by atoms with van der Waals surface area (Å²) in [5.74, 6) is -11.7. The molecular weight excluding hydrogens is 1220 g/mol. The zero-order valence-corrected chi connectivity index (χ0v) is 61.6. The number of cyclic esters (lactones) is 1. The second-order valence-corrected chi connectivity index (χ2v) is 29.3. The third-order valence-electron chi connectivity index (χ3n) is 17.4. The van der Waals surface area contributed by atoms with E-state index < -0.39 is 162 Å². The monoisotopic (exact) mass is 1340 g/mol. The molecule has 1 saturated heterocycles. The average Bonchev–Trinajstić information content (AvgIpc) is 0.833. The number of nitrogens with one attached hydrogen (secondary N) is 4. The van der Waals surface area contributed by atoms with Crippen LogP contribution in [0.2, 0.25) is 0 Å². The third kappa shape index (κ3) is 25.3. The maximum Gasteiger partial charge on any atom is 0.329 e. The van der Waals surface area contributed by atoms with Gasteiger partial charge in [0.05, 0.1) is 24.4 Å². The number of rotatable bonds is 20. The Bertz CT molecular complexity index is 2710. The number of ether oxygens (including phenoxy) is 1. The number of likely N-dealkylation sites (N-methyl/N-ethyl adjacent to an activating group) is 6. The summed E-state index contributed by atoms with van der Waals surface area (Å²) in [6.45, 7) is 29.6. The number of carbonyl (C=O) groups excluding carboxylic acids is 11. The predicted molar refractivity (Wildman–Crippen MR) is 363 cm³/mol. The van der Waals surface area contributed by atoms with Gasteiger partial charge < -0.3 is 70.5 Å². The normalized spacial score (nSPS) is 25.6. The first kappa shape index (κ1) is 84.3. The van der Waals surface area contributed by atoms with Gasteiger partial charge in [0.25, 0.3) is 5.91 Å². The fourth-order valence-electron chi connectivity index (χ4n) is 11.8. The largest absolute Gasteiger partial charge is 0.450 e. The van der Waals surface area contributed by atoms with Crippen molar-refractivity contribution in [2.75, 3.05) is 62.4 Å². The molecule has 1 aliphatic rings. The highest BCUT2D eigenvalue weighted by Crippen LogP contribution is 2.25. The van der Waals surface area contributed by atoms with Gasteiger partial charge in [0.1, 0.15) is 54.4 Å². The summed E-state index contributed by atoms with van der Waals surface area (Å²) in [4.78, 5) is 175. The topological polar surface area (TPSA) is 321 Å². The Morgan fingerprint density at radius 2 is 0.968 bits per heavy atom. The molecule has 1 aliphatic heterocycles. The highest BCUT2D eigenvalue weighted by atomic mass is 16.6. The Morgan fingerprint density at radius 1 is 0.526 bits per heavy atom. The SMILES string of the molecule is CC(C)C[C@@H]1NC(=O)[C@H](CC(C)C)N(C)C(=O)[C@@H](C(C)C)OC(=O)[C@H](C)NC(=O)[C@H](CC(C)C)N(C)C(=O)[C@H](CC(C)C)NC(=O)[C@H](CC(C)C)N(C)C(=O)CN(C)C(=O)[C@H]([C@@H](C)O)NC(=O)[C@H]([C@H](O)[C@H](C)CCN(C)Cc2ccccn2)N(C)C(=O)[C@H](C(C)C)N(C)C1=O. The van der Waals surface area contributed by atoms with E-state index in [0.29, 0.717) is 13.1 Å². The smallest absolute Gasteiger partial charge is 0.329 e. The minimum Gasteiger partial charge on any atom is -0.450 e. The molecule has 1 aromatic heterocycles. The van der Waals surface area contributed by atoms with E-state index >= 15 is 14.4 Å². The van der Waals surface area contributed by atoms with E-state index in [1.807, 2.05) is 93.3 Å². The lowest BCUT2D eigenvalue weighted by atomic mass is 9.91. The van der Waals surface area contributed by atoms with E-state index in [4.69, 9.17) is 4.74 Å². The maximum atomic E-state index is 15.4. The Kier molecular flexibility index (Phi) is 34.4. The summed E-state index contributed by atoms with van der Waals surface area (Å²) < 4.78 is 5.92. The molecule has 540 valence electrons. The van der Waals surface area contributed by atoms with Crippen LogP contribution in [0.1, 0.15) is 162 Å². The van der Waals surface area contributed by atoms with Gasteiger partial charge in [0.2, 0.25) is 53.2 Å². The molecule has 0 radical (unpaired) electrons. The predicted octanol–water partition coefficient (Wildman–Crippen LogP) is 3.30. The van der Waals surface area contributed by atoms with E-state index in [1.165, 1.54) is 70.8 Å². The molecule has 0 spiro atoms. The van der Waals surface area contributed by atoms with E-state index in [2.05, 4.69) is 26.3 Å². The maximum absolute atomic E-state index is 15.4. The molecule has 0 saturated carbocycles. The molecule has 1 aromatic rings. The third-order valence-corrected chi connectivity index (χ3v) is 17.4. The number of amides is 10. The fraction of sp³-hybridized carbons (Fsp3) is 0.768. The lowest BCUT2D eigenvalue weighted by Gasteiger charge is -2.40. The van der Waals surface area contributed by atoms with Crippen LogP contribution in [-0.4, -0.2) is 250 Å². The number of pyridine rings is 1. The van der Waals surface area contributed by atoms with Crippen molar-refractivity contribution in [1.82, 2.24) is 60.6 Å². The van der Waals surface area contributed by atoms with Crippen LogP contribution in [0.4, 0.5) is 0 Å². The van der Waals surface area contributed by atoms with Gasteiger partial charge in [-0.1, -0.05) is 110 Å². The van der Waals surface area contributed by atoms with Crippen LogP contribution in [0, 0.1) is 47.3 Å². The van der Waals surface area contributed by atoms with Crippen LogP contribution in [0.25, 0.3) is 0 Å². The Hall–Kier alpha value is -6.80. The van der Waals surface area contributed by atoms with Crippen molar-refractivity contribution in [2.24, 2.45) is 47.3 Å². The molecule has 0 aliphatic carbocycles. The van der Waals surface area contributed by atoms with Gasteiger partial charge in [0.15, 0.2) is 6.10 Å². The zero-order valence-electron chi connectivity index (χ0n) is 61.6. The number of esters is 1. The van der Waals surface area contributed by atoms with Crippen LogP contribution < -0.4 is 21.3 Å². The van der Waals surface area contributed by atoms with Gasteiger partial charge in [0, 0.05) is 55.0 Å². The summed E-state index contributed by atoms with van der Waals surface area (Å²) in [7, 11) is 10.0. The molecule has 0 unspecified atom stereocenters. The van der Waals surface area contributed by atoms with Crippen molar-refractivity contribution in [3.8, 4) is 0 Å². The van der Waals surface area contributed by atoms with E-state index in [1.54, 1.807) is 46.9 Å². The van der Waals surface area contributed by atoms with Crippen LogP contribution in [-0.2, 0) is 64.0 Å². The minimum atomic E-state index is -1.78. The van der Waals surface area contributed by atoms with Gasteiger partial charge in [-0.05, 0) is 125 Å². The lowest BCUT2D eigenvalue weighted by molar-refractivity contribution is -0.166. The molecule has 0 bridgehead atoms. The molecule has 26 heteroatoms. The Balaban J connectivity index is 3.03. The van der Waals surface area contributed by atoms with Gasteiger partial charge in [-0.3, -0.25) is 52.9 Å². The van der Waals surface area contributed by atoms with Crippen LogP contribution in [0.3, 0.4) is 0 Å². The highest BCUT2D eigenvalue weighted by Gasteiger charge is 2.46. The highest BCUT2D eigenvalue weighted by molar-refractivity contribution is 5.99. The number of carbonyl (C=O) groups is 11. The second-order valence-electron chi connectivity index (χ2n) is 29.3. The molecule has 0 aromatic carbocycles. The van der Waals surface area contributed by atoms with Gasteiger partial charge in [-0.15, -0.1) is 0 Å². The molecular formula is C69H120N12O14. The quantitative estimate of drug-likeness (QED) is 0.102. The number of aliphatic hydroxyl groups is 2. The number of hydrogen-bond acceptors (Lipinski definition) is 16. The van der Waals surface area contributed by atoms with Crippen LogP contribution >= 0.6 is 0 Å². The molecule has 95 heavy (non-hydrogen) atoms. The number of hydrogen-bond donors (Lipinski definition) is 6. The molecule has 26 nitrogen and oxygen atoms in total. The molecule has 6 N–H and O–H groups in total. The van der Waals surface area contributed by atoms with Crippen molar-refractivity contribution >= 4 is 65.0 Å². The van der Waals surface area contributed by atoms with Gasteiger partial charge >= 0.3 is 5.97 Å². The van der Waals surface area contributed by atoms with Gasteiger partial charge in [-0.25, -0.2) is 4.79 Å². The molecule has 13 atom stereocenters. The molecule has 1 fully saturated rings. The lowest BCUT2D eigenvalue weighted by Crippen LogP contribution is -2.64. The first-order valence-electron chi connectivity index (χ1n) is 33.9. The number of nitrogens with zero attached hydrogens (tertiary/aromatic N) is 8. The summed E-state index contributed by atoms with van der Waals surface area (Å²) in [5.41, 5.74) is 0.793. The summed E-state index contributed by atoms with van der Waals surface area (Å²) in [6.07, 6.45) is -2.28. The first-order valence-corrected chi connectivity index (χ1v) is 33.9. The standard InChI is InChI=1S/C69H120N12O14/c1-38(2)31-49-64(89)78(21)52(34-41(7)8)60(85)71-46(16)69(94)95-59(44(13)14)68(93)79(22)53(35-42(9)10)62(87)73-50(32-39(3)4)65(90)80(23)56(43(11)12)67(92)81(24)57(58(84)45(15)28-30-75(18)36-48-27-25-26-29-70-48)63(88)74-55(47(17)82)66(91)76(19)37-54(83)77(20)51(33-40(5)6)61(86)72-49/h25-27,29,38-47,49-53,55-59,82,84H,28,30-37H2,1-24H3,(H,71,85)(H,72,86)(H,73,87)(H,74,88)/t45-,46+,47-,49+,50+,51+,52+,53+,55+,56+,57+,58-,59-/m1/s1. The summed E-state index contributed by atoms with van der Waals surface area (Å²) >= 11 is 0. The Labute approximate surface area is 566 Å². The number of aromatic nitrogens is 1. The van der Waals surface area contributed by atoms with Crippen molar-refractivity contribution in [3.63, 3.8) is 0 Å². The fourth-order valence-corrected chi connectivity index (χ4v) is 11.8. The zero-order chi connectivity index (χ0) is 73.0. The molecule has 2 rings (SSSR count). The van der Waals surface area contributed by atoms with Crippen molar-refractivity contribution in [3.05, 3.63) is 30.1 Å². The first-order chi connectivity index (χ1) is 44.0. The van der Waals surface area contributed by atoms with Crippen LogP contribution in [0.5, 0.6) is 0 Å². The van der Waals surface area contributed by atoms with Crippen molar-refractivity contribution < 1.29 is 67.7 Å². The number of aliphatic hydroxyl groups excluding tert-OH is 2.